The van der Waals surface area contributed by atoms with Crippen LogP contribution < -0.4 is 4.90 Å². The van der Waals surface area contributed by atoms with Gasteiger partial charge in [0.25, 0.3) is 0 Å². The van der Waals surface area contributed by atoms with Crippen LogP contribution in [0.1, 0.15) is 24.1 Å². The third-order valence-corrected chi connectivity index (χ3v) is 6.39. The number of Topliss-reactive ketones (excluding diaryl/α,β-unsaturated/α-hetero) is 1. The molecule has 6 nitrogen and oxygen atoms in total. The van der Waals surface area contributed by atoms with Gasteiger partial charge in [0, 0.05) is 31.5 Å². The molecule has 0 N–H and O–H groups in total. The molecule has 3 heterocycles. The Kier molecular flexibility index (Phi) is 4.38. The van der Waals surface area contributed by atoms with Crippen LogP contribution in [0.2, 0.25) is 5.02 Å². The summed E-state index contributed by atoms with van der Waals surface area (Å²) < 4.78 is 52.4. The summed E-state index contributed by atoms with van der Waals surface area (Å²) in [5.74, 6) is -1.74. The van der Waals surface area contributed by atoms with E-state index in [-0.39, 0.29) is 39.4 Å². The van der Waals surface area contributed by atoms with Gasteiger partial charge in [-0.25, -0.2) is 27.2 Å². The molecule has 10 heteroatoms. The van der Waals surface area contributed by atoms with Crippen LogP contribution in [0, 0.1) is 11.6 Å². The van der Waals surface area contributed by atoms with E-state index in [1.165, 1.54) is 0 Å². The molecule has 0 bridgehead atoms. The minimum atomic E-state index is -3.39. The normalized spacial score (nSPS) is 18.6. The summed E-state index contributed by atoms with van der Waals surface area (Å²) in [7, 11) is -3.39. The molecule has 0 spiro atoms. The Labute approximate surface area is 159 Å². The van der Waals surface area contributed by atoms with E-state index in [0.717, 1.165) is 12.1 Å². The van der Waals surface area contributed by atoms with Gasteiger partial charge in [-0.15, -0.1) is 0 Å². The Bertz CT molecular complexity index is 1070. The van der Waals surface area contributed by atoms with Crippen molar-refractivity contribution in [3.05, 3.63) is 40.0 Å². The standard InChI is InChI=1S/C17H14ClF2N3O3S/c18-12-6-13(19)10(5-14(12)20)16-21-15-8-27(25,26)7-11(15)17(22-16)23-3-1-9(24)2-4-23/h5-6H,1-4,7-8H2. The van der Waals surface area contributed by atoms with Crippen LogP contribution >= 0.6 is 11.6 Å². The molecule has 1 aromatic heterocycles. The number of anilines is 1. The lowest BCUT2D eigenvalue weighted by Crippen LogP contribution is -2.35. The molecule has 0 saturated carbocycles. The first-order valence-electron chi connectivity index (χ1n) is 8.25. The second kappa shape index (κ2) is 6.49. The van der Waals surface area contributed by atoms with E-state index in [4.69, 9.17) is 11.6 Å². The average molecular weight is 414 g/mol. The van der Waals surface area contributed by atoms with Crippen molar-refractivity contribution >= 4 is 33.0 Å². The number of halogens is 3. The largest absolute Gasteiger partial charge is 0.355 e. The highest BCUT2D eigenvalue weighted by molar-refractivity contribution is 7.90. The minimum Gasteiger partial charge on any atom is -0.355 e. The number of hydrogen-bond acceptors (Lipinski definition) is 6. The summed E-state index contributed by atoms with van der Waals surface area (Å²) in [6.07, 6.45) is 0.648. The van der Waals surface area contributed by atoms with Crippen molar-refractivity contribution in [2.24, 2.45) is 0 Å². The van der Waals surface area contributed by atoms with Gasteiger partial charge in [0.2, 0.25) is 0 Å². The molecule has 1 fully saturated rings. The number of benzene rings is 1. The average Bonchev–Trinajstić information content (AvgIpc) is 2.92. The van der Waals surface area contributed by atoms with Gasteiger partial charge in [-0.05, 0) is 12.1 Å². The molecule has 2 aliphatic heterocycles. The van der Waals surface area contributed by atoms with Gasteiger partial charge in [0.05, 0.1) is 27.8 Å². The smallest absolute Gasteiger partial charge is 0.164 e. The van der Waals surface area contributed by atoms with E-state index in [9.17, 15) is 22.0 Å². The van der Waals surface area contributed by atoms with E-state index in [0.29, 0.717) is 37.3 Å². The number of aromatic nitrogens is 2. The predicted octanol–water partition coefficient (Wildman–Crippen LogP) is 2.67. The predicted molar refractivity (Wildman–Crippen MR) is 95.2 cm³/mol. The SMILES string of the molecule is O=C1CCN(c2nc(-c3cc(F)c(Cl)cc3F)nc3c2CS(=O)(=O)C3)CC1. The number of fused-ring (bicyclic) bond motifs is 1. The van der Waals surface area contributed by atoms with Crippen LogP contribution in [0.5, 0.6) is 0 Å². The number of nitrogens with zero attached hydrogens (tertiary/aromatic N) is 3. The Morgan fingerprint density at radius 2 is 1.74 bits per heavy atom. The fraction of sp³-hybridized carbons (Fsp3) is 0.353. The van der Waals surface area contributed by atoms with Crippen LogP contribution in [-0.4, -0.2) is 37.3 Å². The van der Waals surface area contributed by atoms with E-state index in [1.54, 1.807) is 4.90 Å². The quantitative estimate of drug-likeness (QED) is 0.704. The van der Waals surface area contributed by atoms with Crippen molar-refractivity contribution in [2.75, 3.05) is 18.0 Å². The molecule has 0 unspecified atom stereocenters. The lowest BCUT2D eigenvalue weighted by atomic mass is 10.1. The molecule has 2 aliphatic rings. The fourth-order valence-electron chi connectivity index (χ4n) is 3.31. The molecule has 4 rings (SSSR count). The fourth-order valence-corrected chi connectivity index (χ4v) is 4.95. The number of ketones is 1. The molecule has 0 amide bonds. The maximum atomic E-state index is 14.3. The highest BCUT2D eigenvalue weighted by Crippen LogP contribution is 2.35. The molecule has 0 radical (unpaired) electrons. The summed E-state index contributed by atoms with van der Waals surface area (Å²) in [5.41, 5.74) is 0.544. The zero-order chi connectivity index (χ0) is 19.3. The van der Waals surface area contributed by atoms with Gasteiger partial charge in [-0.3, -0.25) is 4.79 Å². The van der Waals surface area contributed by atoms with E-state index in [2.05, 4.69) is 9.97 Å². The van der Waals surface area contributed by atoms with Gasteiger partial charge < -0.3 is 4.90 Å². The van der Waals surface area contributed by atoms with E-state index in [1.807, 2.05) is 0 Å². The molecular formula is C17H14ClF2N3O3S. The zero-order valence-electron chi connectivity index (χ0n) is 14.0. The molecule has 27 heavy (non-hydrogen) atoms. The Morgan fingerprint density at radius 1 is 1.04 bits per heavy atom. The van der Waals surface area contributed by atoms with Crippen molar-refractivity contribution in [3.63, 3.8) is 0 Å². The summed E-state index contributed by atoms with van der Waals surface area (Å²) in [6.45, 7) is 0.776. The summed E-state index contributed by atoms with van der Waals surface area (Å²) >= 11 is 5.60. The second-order valence-electron chi connectivity index (χ2n) is 6.60. The second-order valence-corrected chi connectivity index (χ2v) is 9.07. The van der Waals surface area contributed by atoms with Crippen molar-refractivity contribution in [2.45, 2.75) is 24.3 Å². The van der Waals surface area contributed by atoms with Gasteiger partial charge in [-0.1, -0.05) is 11.6 Å². The van der Waals surface area contributed by atoms with Crippen molar-refractivity contribution < 1.29 is 22.0 Å². The maximum absolute atomic E-state index is 14.3. The topological polar surface area (TPSA) is 80.2 Å². The monoisotopic (exact) mass is 413 g/mol. The molecule has 1 saturated heterocycles. The van der Waals surface area contributed by atoms with Crippen LogP contribution in [0.15, 0.2) is 12.1 Å². The zero-order valence-corrected chi connectivity index (χ0v) is 15.6. The third kappa shape index (κ3) is 3.41. The van der Waals surface area contributed by atoms with Crippen LogP contribution in [-0.2, 0) is 26.1 Å². The lowest BCUT2D eigenvalue weighted by Gasteiger charge is -2.28. The molecular weight excluding hydrogens is 400 g/mol. The molecule has 2 aromatic rings. The van der Waals surface area contributed by atoms with Gasteiger partial charge >= 0.3 is 0 Å². The molecule has 0 aliphatic carbocycles. The van der Waals surface area contributed by atoms with E-state index < -0.39 is 21.5 Å². The summed E-state index contributed by atoms with van der Waals surface area (Å²) in [5, 5.41) is -0.366. The lowest BCUT2D eigenvalue weighted by molar-refractivity contribution is -0.119. The van der Waals surface area contributed by atoms with Crippen LogP contribution in [0.25, 0.3) is 11.4 Å². The molecule has 1 aromatic carbocycles. The number of piperidine rings is 1. The van der Waals surface area contributed by atoms with Crippen LogP contribution in [0.3, 0.4) is 0 Å². The Hall–Kier alpha value is -2.13. The van der Waals surface area contributed by atoms with Gasteiger partial charge in [0.15, 0.2) is 15.7 Å². The van der Waals surface area contributed by atoms with Crippen molar-refractivity contribution in [1.29, 1.82) is 0 Å². The Morgan fingerprint density at radius 3 is 2.44 bits per heavy atom. The van der Waals surface area contributed by atoms with Crippen LogP contribution in [0.4, 0.5) is 14.6 Å². The highest BCUT2D eigenvalue weighted by Gasteiger charge is 2.33. The van der Waals surface area contributed by atoms with Crippen molar-refractivity contribution in [1.82, 2.24) is 9.97 Å². The van der Waals surface area contributed by atoms with E-state index >= 15 is 0 Å². The number of sulfone groups is 1. The maximum Gasteiger partial charge on any atom is 0.164 e. The number of carbonyl (C=O) groups is 1. The first kappa shape index (κ1) is 18.2. The highest BCUT2D eigenvalue weighted by atomic mass is 35.5. The summed E-state index contributed by atoms with van der Waals surface area (Å²) in [6, 6.07) is 1.73. The number of hydrogen-bond donors (Lipinski definition) is 0. The Balaban J connectivity index is 1.87. The minimum absolute atomic E-state index is 0.106. The molecule has 142 valence electrons. The third-order valence-electron chi connectivity index (χ3n) is 4.66. The molecule has 0 atom stereocenters. The first-order valence-corrected chi connectivity index (χ1v) is 10.5. The first-order chi connectivity index (χ1) is 12.7. The van der Waals surface area contributed by atoms with Gasteiger partial charge in [0.1, 0.15) is 23.2 Å². The van der Waals surface area contributed by atoms with Gasteiger partial charge in [-0.2, -0.15) is 0 Å². The number of carbonyl (C=O) groups excluding carboxylic acids is 1. The van der Waals surface area contributed by atoms with Crippen molar-refractivity contribution in [3.8, 4) is 11.4 Å². The number of rotatable bonds is 2. The summed E-state index contributed by atoms with van der Waals surface area (Å²) in [4.78, 5) is 21.9.